The van der Waals surface area contributed by atoms with Crippen molar-refractivity contribution in [2.45, 2.75) is 25.7 Å². The maximum absolute atomic E-state index is 13.6. The van der Waals surface area contributed by atoms with E-state index in [0.29, 0.717) is 0 Å². The molecule has 0 aromatic heterocycles. The molecule has 0 saturated heterocycles. The fraction of sp³-hybridized carbons (Fsp3) is 0.462. The molecule has 2 rings (SSSR count). The predicted octanol–water partition coefficient (Wildman–Crippen LogP) is 3.03. The van der Waals surface area contributed by atoms with E-state index in [0.717, 1.165) is 12.0 Å². The summed E-state index contributed by atoms with van der Waals surface area (Å²) in [5.41, 5.74) is 0.154. The molecular formula is C13H14FNO. The predicted molar refractivity (Wildman–Crippen MR) is 58.6 cm³/mol. The summed E-state index contributed by atoms with van der Waals surface area (Å²) in [7, 11) is 1.43. The molecule has 0 amide bonds. The van der Waals surface area contributed by atoms with Gasteiger partial charge in [-0.2, -0.15) is 5.26 Å². The second-order valence-electron chi connectivity index (χ2n) is 4.93. The first-order valence-corrected chi connectivity index (χ1v) is 5.22. The molecule has 0 radical (unpaired) electrons. The van der Waals surface area contributed by atoms with Crippen LogP contribution >= 0.6 is 0 Å². The van der Waals surface area contributed by atoms with Crippen LogP contribution in [0.5, 0.6) is 5.75 Å². The molecule has 1 aliphatic carbocycles. The standard InChI is InChI=1S/C13H14FNO/c1-12(2)7-13(12,8-15)9-4-5-11(16-3)10(14)6-9/h4-6H,7H2,1-3H3. The zero-order chi connectivity index (χ0) is 12.0. The molecule has 2 nitrogen and oxygen atoms in total. The smallest absolute Gasteiger partial charge is 0.165 e. The third-order valence-corrected chi connectivity index (χ3v) is 3.57. The van der Waals surface area contributed by atoms with Crippen LogP contribution < -0.4 is 4.74 Å². The first kappa shape index (κ1) is 10.9. The summed E-state index contributed by atoms with van der Waals surface area (Å²) in [4.78, 5) is 0. The Labute approximate surface area is 94.7 Å². The van der Waals surface area contributed by atoms with Crippen molar-refractivity contribution in [1.29, 1.82) is 5.26 Å². The lowest BCUT2D eigenvalue weighted by Crippen LogP contribution is -2.12. The molecule has 0 spiro atoms. The highest BCUT2D eigenvalue weighted by Crippen LogP contribution is 2.64. The van der Waals surface area contributed by atoms with Crippen molar-refractivity contribution in [2.24, 2.45) is 5.41 Å². The van der Waals surface area contributed by atoms with Gasteiger partial charge in [0.15, 0.2) is 11.6 Å². The van der Waals surface area contributed by atoms with E-state index in [9.17, 15) is 9.65 Å². The lowest BCUT2D eigenvalue weighted by Gasteiger charge is -2.13. The van der Waals surface area contributed by atoms with Crippen LogP contribution in [0.3, 0.4) is 0 Å². The van der Waals surface area contributed by atoms with Crippen molar-refractivity contribution < 1.29 is 9.13 Å². The van der Waals surface area contributed by atoms with E-state index in [1.165, 1.54) is 13.2 Å². The first-order valence-electron chi connectivity index (χ1n) is 5.22. The lowest BCUT2D eigenvalue weighted by atomic mass is 9.89. The number of benzene rings is 1. The van der Waals surface area contributed by atoms with Gasteiger partial charge in [-0.05, 0) is 29.5 Å². The van der Waals surface area contributed by atoms with Crippen LogP contribution in [0, 0.1) is 22.6 Å². The highest BCUT2D eigenvalue weighted by atomic mass is 19.1. The first-order chi connectivity index (χ1) is 7.47. The number of nitriles is 1. The summed E-state index contributed by atoms with van der Waals surface area (Å²) in [6.07, 6.45) is 0.780. The van der Waals surface area contributed by atoms with Gasteiger partial charge in [0.05, 0.1) is 18.6 Å². The molecule has 0 aliphatic heterocycles. The average Bonchev–Trinajstić information content (AvgIpc) is 2.82. The Bertz CT molecular complexity index is 475. The Balaban J connectivity index is 2.44. The lowest BCUT2D eigenvalue weighted by molar-refractivity contribution is 0.385. The minimum absolute atomic E-state index is 0.0667. The molecule has 16 heavy (non-hydrogen) atoms. The Kier molecular flexibility index (Phi) is 2.20. The number of nitrogens with zero attached hydrogens (tertiary/aromatic N) is 1. The van der Waals surface area contributed by atoms with Crippen LogP contribution in [-0.2, 0) is 5.41 Å². The third-order valence-electron chi connectivity index (χ3n) is 3.57. The van der Waals surface area contributed by atoms with Crippen molar-refractivity contribution in [1.82, 2.24) is 0 Å². The van der Waals surface area contributed by atoms with Crippen molar-refractivity contribution in [2.75, 3.05) is 7.11 Å². The normalized spacial score (nSPS) is 25.9. The van der Waals surface area contributed by atoms with Crippen LogP contribution in [0.4, 0.5) is 4.39 Å². The summed E-state index contributed by atoms with van der Waals surface area (Å²) >= 11 is 0. The average molecular weight is 219 g/mol. The van der Waals surface area contributed by atoms with Gasteiger partial charge in [-0.15, -0.1) is 0 Å². The minimum Gasteiger partial charge on any atom is -0.494 e. The fourth-order valence-corrected chi connectivity index (χ4v) is 2.30. The third kappa shape index (κ3) is 1.30. The van der Waals surface area contributed by atoms with Crippen LogP contribution in [0.25, 0.3) is 0 Å². The molecule has 1 unspecified atom stereocenters. The molecule has 1 aromatic carbocycles. The number of halogens is 1. The van der Waals surface area contributed by atoms with Crippen molar-refractivity contribution in [3.05, 3.63) is 29.6 Å². The van der Waals surface area contributed by atoms with E-state index >= 15 is 0 Å². The van der Waals surface area contributed by atoms with E-state index in [1.54, 1.807) is 12.1 Å². The quantitative estimate of drug-likeness (QED) is 0.766. The fourth-order valence-electron chi connectivity index (χ4n) is 2.30. The highest BCUT2D eigenvalue weighted by molar-refractivity contribution is 5.46. The largest absolute Gasteiger partial charge is 0.494 e. The van der Waals surface area contributed by atoms with Gasteiger partial charge >= 0.3 is 0 Å². The zero-order valence-corrected chi connectivity index (χ0v) is 9.67. The topological polar surface area (TPSA) is 33.0 Å². The van der Waals surface area contributed by atoms with E-state index in [1.807, 2.05) is 13.8 Å². The van der Waals surface area contributed by atoms with Gasteiger partial charge in [0.2, 0.25) is 0 Å². The molecule has 1 aromatic rings. The van der Waals surface area contributed by atoms with Crippen LogP contribution in [0.2, 0.25) is 0 Å². The molecule has 1 saturated carbocycles. The van der Waals surface area contributed by atoms with Crippen molar-refractivity contribution in [3.8, 4) is 11.8 Å². The van der Waals surface area contributed by atoms with Gasteiger partial charge in [0, 0.05) is 0 Å². The Hall–Kier alpha value is -1.56. The molecule has 1 fully saturated rings. The summed E-state index contributed by atoms with van der Waals surface area (Å²) in [6.45, 7) is 4.05. The van der Waals surface area contributed by atoms with Gasteiger partial charge in [0.25, 0.3) is 0 Å². The molecule has 1 atom stereocenters. The number of methoxy groups -OCH3 is 1. The molecule has 0 bridgehead atoms. The maximum Gasteiger partial charge on any atom is 0.165 e. The molecule has 0 heterocycles. The van der Waals surface area contributed by atoms with Crippen molar-refractivity contribution in [3.63, 3.8) is 0 Å². The number of hydrogen-bond acceptors (Lipinski definition) is 2. The number of hydrogen-bond donors (Lipinski definition) is 0. The zero-order valence-electron chi connectivity index (χ0n) is 9.67. The summed E-state index contributed by atoms with van der Waals surface area (Å²) in [5, 5.41) is 9.26. The second kappa shape index (κ2) is 3.21. The van der Waals surface area contributed by atoms with Crippen molar-refractivity contribution >= 4 is 0 Å². The van der Waals surface area contributed by atoms with Crippen LogP contribution in [0.15, 0.2) is 18.2 Å². The SMILES string of the molecule is COc1ccc(C2(C#N)CC2(C)C)cc1F. The molecule has 1 aliphatic rings. The van der Waals surface area contributed by atoms with Crippen LogP contribution in [-0.4, -0.2) is 7.11 Å². The summed E-state index contributed by atoms with van der Waals surface area (Å²) in [5.74, 6) is -0.187. The monoisotopic (exact) mass is 219 g/mol. The second-order valence-corrected chi connectivity index (χ2v) is 4.93. The molecule has 84 valence electrons. The van der Waals surface area contributed by atoms with Crippen LogP contribution in [0.1, 0.15) is 25.8 Å². The maximum atomic E-state index is 13.6. The van der Waals surface area contributed by atoms with E-state index in [-0.39, 0.29) is 11.2 Å². The number of rotatable bonds is 2. The molecule has 3 heteroatoms. The van der Waals surface area contributed by atoms with Gasteiger partial charge < -0.3 is 4.74 Å². The summed E-state index contributed by atoms with van der Waals surface area (Å²) < 4.78 is 18.4. The van der Waals surface area contributed by atoms with Gasteiger partial charge in [-0.25, -0.2) is 4.39 Å². The highest BCUT2D eigenvalue weighted by Gasteiger charge is 2.63. The van der Waals surface area contributed by atoms with Gasteiger partial charge in [-0.1, -0.05) is 19.9 Å². The van der Waals surface area contributed by atoms with Gasteiger partial charge in [0.1, 0.15) is 0 Å². The summed E-state index contributed by atoms with van der Waals surface area (Å²) in [6, 6.07) is 7.09. The molecular weight excluding hydrogens is 205 g/mol. The van der Waals surface area contributed by atoms with E-state index < -0.39 is 11.2 Å². The van der Waals surface area contributed by atoms with Gasteiger partial charge in [-0.3, -0.25) is 0 Å². The minimum atomic E-state index is -0.528. The molecule has 0 N–H and O–H groups in total. The Morgan fingerprint density at radius 3 is 2.44 bits per heavy atom. The Morgan fingerprint density at radius 1 is 1.44 bits per heavy atom. The van der Waals surface area contributed by atoms with E-state index in [2.05, 4.69) is 6.07 Å². The number of ether oxygens (including phenoxy) is 1. The van der Waals surface area contributed by atoms with E-state index in [4.69, 9.17) is 4.74 Å². The Morgan fingerprint density at radius 2 is 2.06 bits per heavy atom.